The van der Waals surface area contributed by atoms with Gasteiger partial charge in [0.1, 0.15) is 11.6 Å². The first kappa shape index (κ1) is 18.9. The van der Waals surface area contributed by atoms with Crippen molar-refractivity contribution in [3.63, 3.8) is 0 Å². The van der Waals surface area contributed by atoms with Crippen LogP contribution < -0.4 is 15.4 Å². The maximum atomic E-state index is 12.3. The molecule has 0 aliphatic carbocycles. The van der Waals surface area contributed by atoms with E-state index in [9.17, 15) is 4.79 Å². The van der Waals surface area contributed by atoms with Gasteiger partial charge in [0.15, 0.2) is 0 Å². The Bertz CT molecular complexity index is 977. The van der Waals surface area contributed by atoms with E-state index in [1.54, 1.807) is 43.5 Å². The number of benzene rings is 2. The minimum atomic E-state index is -0.174. The van der Waals surface area contributed by atoms with E-state index in [0.717, 1.165) is 17.0 Å². The predicted molar refractivity (Wildman–Crippen MR) is 108 cm³/mol. The largest absolute Gasteiger partial charge is 0.496 e. The number of anilines is 2. The normalized spacial score (nSPS) is 10.0. The average Bonchev–Trinajstić information content (AvgIpc) is 2.75. The molecule has 3 rings (SSSR count). The molecule has 0 aliphatic heterocycles. The Balaban J connectivity index is 1.53. The second kappa shape index (κ2) is 9.19. The van der Waals surface area contributed by atoms with E-state index < -0.39 is 0 Å². The van der Waals surface area contributed by atoms with Gasteiger partial charge in [-0.25, -0.2) is 4.98 Å². The number of para-hydroxylation sites is 1. The number of rotatable bonds is 7. The standard InChI is InChI=1S/C22H20N4O2/c1-28-20-5-3-2-4-17(20)12-13-24-22(27)18-8-11-21(25-15-18)26-19-9-6-16(14-23)7-10-19/h2-11,15H,12-13H2,1H3,(H,24,27)(H,25,26). The van der Waals surface area contributed by atoms with E-state index in [-0.39, 0.29) is 5.91 Å². The minimum absolute atomic E-state index is 0.174. The first-order chi connectivity index (χ1) is 13.7. The van der Waals surface area contributed by atoms with Crippen LogP contribution in [0.4, 0.5) is 11.5 Å². The first-order valence-corrected chi connectivity index (χ1v) is 8.83. The van der Waals surface area contributed by atoms with Gasteiger partial charge in [0.05, 0.1) is 24.3 Å². The Labute approximate surface area is 163 Å². The van der Waals surface area contributed by atoms with Crippen molar-refractivity contribution in [3.8, 4) is 11.8 Å². The maximum Gasteiger partial charge on any atom is 0.252 e. The summed E-state index contributed by atoms with van der Waals surface area (Å²) in [6.45, 7) is 0.504. The van der Waals surface area contributed by atoms with Crippen molar-refractivity contribution >= 4 is 17.4 Å². The van der Waals surface area contributed by atoms with Gasteiger partial charge in [0, 0.05) is 18.4 Å². The molecule has 6 heteroatoms. The second-order valence-corrected chi connectivity index (χ2v) is 6.06. The number of hydrogen-bond acceptors (Lipinski definition) is 5. The summed E-state index contributed by atoms with van der Waals surface area (Å²) in [4.78, 5) is 16.6. The van der Waals surface area contributed by atoms with Gasteiger partial charge in [-0.3, -0.25) is 4.79 Å². The lowest BCUT2D eigenvalue weighted by Gasteiger charge is -2.09. The summed E-state index contributed by atoms with van der Waals surface area (Å²) >= 11 is 0. The third-order valence-electron chi connectivity index (χ3n) is 4.18. The maximum absolute atomic E-state index is 12.3. The van der Waals surface area contributed by atoms with Crippen LogP contribution in [0.3, 0.4) is 0 Å². The number of ether oxygens (including phenoxy) is 1. The SMILES string of the molecule is COc1ccccc1CCNC(=O)c1ccc(Nc2ccc(C#N)cc2)nc1. The molecule has 1 aromatic heterocycles. The highest BCUT2D eigenvalue weighted by atomic mass is 16.5. The van der Waals surface area contributed by atoms with Crippen molar-refractivity contribution in [1.29, 1.82) is 5.26 Å². The van der Waals surface area contributed by atoms with Gasteiger partial charge >= 0.3 is 0 Å². The summed E-state index contributed by atoms with van der Waals surface area (Å²) < 4.78 is 5.32. The number of methoxy groups -OCH3 is 1. The molecule has 28 heavy (non-hydrogen) atoms. The smallest absolute Gasteiger partial charge is 0.252 e. The number of carbonyl (C=O) groups excluding carboxylic acids is 1. The summed E-state index contributed by atoms with van der Waals surface area (Å²) in [6, 6.07) is 20.4. The lowest BCUT2D eigenvalue weighted by atomic mass is 10.1. The Morgan fingerprint density at radius 3 is 2.57 bits per heavy atom. The first-order valence-electron chi connectivity index (χ1n) is 8.83. The summed E-state index contributed by atoms with van der Waals surface area (Å²) in [5.41, 5.74) is 2.95. The molecule has 0 atom stereocenters. The molecule has 0 unspecified atom stereocenters. The molecule has 1 heterocycles. The monoisotopic (exact) mass is 372 g/mol. The number of hydrogen-bond donors (Lipinski definition) is 2. The Morgan fingerprint density at radius 1 is 1.11 bits per heavy atom. The minimum Gasteiger partial charge on any atom is -0.496 e. The molecule has 0 radical (unpaired) electrons. The van der Waals surface area contributed by atoms with Gasteiger partial charge in [-0.2, -0.15) is 5.26 Å². The molecule has 0 spiro atoms. The highest BCUT2D eigenvalue weighted by molar-refractivity contribution is 5.94. The highest BCUT2D eigenvalue weighted by Crippen LogP contribution is 2.18. The van der Waals surface area contributed by atoms with Crippen LogP contribution in [-0.4, -0.2) is 24.5 Å². The van der Waals surface area contributed by atoms with E-state index in [1.165, 1.54) is 6.20 Å². The van der Waals surface area contributed by atoms with Crippen molar-refractivity contribution in [2.24, 2.45) is 0 Å². The molecule has 140 valence electrons. The molecule has 2 N–H and O–H groups in total. The zero-order chi connectivity index (χ0) is 19.8. The van der Waals surface area contributed by atoms with E-state index in [0.29, 0.717) is 29.9 Å². The quantitative estimate of drug-likeness (QED) is 0.661. The zero-order valence-corrected chi connectivity index (χ0v) is 15.5. The Kier molecular flexibility index (Phi) is 6.21. The van der Waals surface area contributed by atoms with Gasteiger partial charge in [0.25, 0.3) is 5.91 Å². The topological polar surface area (TPSA) is 87.0 Å². The molecule has 0 fully saturated rings. The molecule has 0 saturated carbocycles. The van der Waals surface area contributed by atoms with Crippen molar-refractivity contribution in [3.05, 3.63) is 83.6 Å². The molecule has 1 amide bonds. The molecule has 0 saturated heterocycles. The van der Waals surface area contributed by atoms with Crippen LogP contribution in [0.5, 0.6) is 5.75 Å². The molecule has 6 nitrogen and oxygen atoms in total. The summed E-state index contributed by atoms with van der Waals surface area (Å²) in [7, 11) is 1.64. The number of pyridine rings is 1. The summed E-state index contributed by atoms with van der Waals surface area (Å²) in [5.74, 6) is 1.26. The molecule has 3 aromatic rings. The lowest BCUT2D eigenvalue weighted by Crippen LogP contribution is -2.25. The number of amides is 1. The molecular weight excluding hydrogens is 352 g/mol. The fraction of sp³-hybridized carbons (Fsp3) is 0.136. The fourth-order valence-electron chi connectivity index (χ4n) is 2.70. The van der Waals surface area contributed by atoms with Gasteiger partial charge in [-0.15, -0.1) is 0 Å². The van der Waals surface area contributed by atoms with Crippen molar-refractivity contribution in [2.75, 3.05) is 19.0 Å². The van der Waals surface area contributed by atoms with Crippen LogP contribution in [0, 0.1) is 11.3 Å². The van der Waals surface area contributed by atoms with Crippen LogP contribution >= 0.6 is 0 Å². The number of nitrogens with one attached hydrogen (secondary N) is 2. The van der Waals surface area contributed by atoms with E-state index in [1.807, 2.05) is 24.3 Å². The van der Waals surface area contributed by atoms with Crippen LogP contribution in [0.2, 0.25) is 0 Å². The van der Waals surface area contributed by atoms with Gasteiger partial charge in [-0.05, 0) is 54.4 Å². The molecule has 0 bridgehead atoms. The summed E-state index contributed by atoms with van der Waals surface area (Å²) in [6.07, 6.45) is 2.21. The van der Waals surface area contributed by atoms with Crippen molar-refractivity contribution < 1.29 is 9.53 Å². The van der Waals surface area contributed by atoms with Gasteiger partial charge < -0.3 is 15.4 Å². The van der Waals surface area contributed by atoms with E-state index in [2.05, 4.69) is 21.7 Å². The van der Waals surface area contributed by atoms with Gasteiger partial charge in [-0.1, -0.05) is 18.2 Å². The second-order valence-electron chi connectivity index (χ2n) is 6.06. The van der Waals surface area contributed by atoms with E-state index in [4.69, 9.17) is 10.00 Å². The highest BCUT2D eigenvalue weighted by Gasteiger charge is 2.07. The molecule has 2 aromatic carbocycles. The van der Waals surface area contributed by atoms with Crippen LogP contribution in [0.1, 0.15) is 21.5 Å². The lowest BCUT2D eigenvalue weighted by molar-refractivity contribution is 0.0953. The van der Waals surface area contributed by atoms with Gasteiger partial charge in [0.2, 0.25) is 0 Å². The van der Waals surface area contributed by atoms with Crippen LogP contribution in [0.15, 0.2) is 66.9 Å². The number of nitrogens with zero attached hydrogens (tertiary/aromatic N) is 2. The van der Waals surface area contributed by atoms with Crippen molar-refractivity contribution in [2.45, 2.75) is 6.42 Å². The molecular formula is C22H20N4O2. The summed E-state index contributed by atoms with van der Waals surface area (Å²) in [5, 5.41) is 14.9. The number of nitriles is 1. The molecule has 0 aliphatic rings. The predicted octanol–water partition coefficient (Wildman–Crippen LogP) is 3.68. The fourth-order valence-corrected chi connectivity index (χ4v) is 2.70. The number of aromatic nitrogens is 1. The third-order valence-corrected chi connectivity index (χ3v) is 4.18. The van der Waals surface area contributed by atoms with Crippen molar-refractivity contribution in [1.82, 2.24) is 10.3 Å². The Morgan fingerprint density at radius 2 is 1.89 bits per heavy atom. The zero-order valence-electron chi connectivity index (χ0n) is 15.5. The van der Waals surface area contributed by atoms with E-state index >= 15 is 0 Å². The average molecular weight is 372 g/mol. The van der Waals surface area contributed by atoms with Crippen LogP contribution in [-0.2, 0) is 6.42 Å². The third kappa shape index (κ3) is 4.86. The Hall–Kier alpha value is -3.85. The van der Waals surface area contributed by atoms with Crippen LogP contribution in [0.25, 0.3) is 0 Å². The number of carbonyl (C=O) groups is 1.